The van der Waals surface area contributed by atoms with Crippen LogP contribution in [-0.2, 0) is 12.8 Å². The van der Waals surface area contributed by atoms with Crippen molar-refractivity contribution in [1.82, 2.24) is 4.72 Å². The molecule has 0 heterocycles. The van der Waals surface area contributed by atoms with Crippen LogP contribution in [0.15, 0.2) is 84.0 Å². The highest BCUT2D eigenvalue weighted by Gasteiger charge is 2.62. The Morgan fingerprint density at radius 3 is 1.74 bits per heavy atom. The Balaban J connectivity index is 0.000000830. The second-order valence-corrected chi connectivity index (χ2v) is 10.8. The van der Waals surface area contributed by atoms with Crippen LogP contribution in [0.5, 0.6) is 0 Å². The average molecular weight is 502 g/mol. The number of hydrogen-bond acceptors (Lipinski definition) is 1. The van der Waals surface area contributed by atoms with Crippen LogP contribution in [0.25, 0.3) is 6.08 Å². The predicted molar refractivity (Wildman–Crippen MR) is 139 cm³/mol. The zero-order chi connectivity index (χ0) is 25.7. The van der Waals surface area contributed by atoms with E-state index in [9.17, 15) is 19.4 Å². The van der Waals surface area contributed by atoms with Crippen molar-refractivity contribution >= 4 is 16.5 Å². The van der Waals surface area contributed by atoms with Crippen LogP contribution in [0.3, 0.4) is 0 Å². The molecule has 0 saturated heterocycles. The number of halogens is 5. The molecule has 0 aromatic heterocycles. The van der Waals surface area contributed by atoms with E-state index >= 15 is 0 Å². The summed E-state index contributed by atoms with van der Waals surface area (Å²) >= 11 is 0. The SMILES string of the molecule is CC(C)=CCCc1ccc(/C=C/CNS(F)(F)(F)(F)F)c(CCC=C(C)C)c1.c1ccccc1. The number of nitrogens with one attached hydrogen (secondary N) is 1. The smallest absolute Gasteiger partial charge is 0.178 e. The van der Waals surface area contributed by atoms with E-state index < -0.39 is 17.0 Å². The second-order valence-electron chi connectivity index (χ2n) is 8.55. The summed E-state index contributed by atoms with van der Waals surface area (Å²) in [5.41, 5.74) is 5.33. The first kappa shape index (κ1) is 29.7. The maximum atomic E-state index is 12.3. The molecule has 0 bridgehead atoms. The minimum Gasteiger partial charge on any atom is -0.178 e. The lowest BCUT2D eigenvalue weighted by molar-refractivity contribution is 0.344. The molecule has 1 nitrogen and oxygen atoms in total. The van der Waals surface area contributed by atoms with Crippen molar-refractivity contribution in [3.8, 4) is 0 Å². The highest BCUT2D eigenvalue weighted by atomic mass is 32.5. The largest absolute Gasteiger partial charge is 0.342 e. The molecule has 0 spiro atoms. The molecule has 0 unspecified atom stereocenters. The summed E-state index contributed by atoms with van der Waals surface area (Å²) in [5, 5.41) is 0. The maximum Gasteiger partial charge on any atom is 0.342 e. The standard InChI is InChI=1S/C21H30F5NS.C6H6/c1-17(2)8-5-10-19-13-14-20(21(16-19)11-6-9-18(3)4)12-7-15-27-28(22,23,24,25)26;1-2-4-6-5-3-1/h7-9,12-14,16,27H,5-6,10-11,15H2,1-4H3;1-6H/b12-7+;. The third-order valence-electron chi connectivity index (χ3n) is 4.60. The molecular formula is C27H36F5NS. The van der Waals surface area contributed by atoms with Gasteiger partial charge in [-0.15, -0.1) is 0 Å². The monoisotopic (exact) mass is 501 g/mol. The quantitative estimate of drug-likeness (QED) is 0.252. The van der Waals surface area contributed by atoms with Gasteiger partial charge < -0.3 is 0 Å². The van der Waals surface area contributed by atoms with Gasteiger partial charge in [0.05, 0.1) is 0 Å². The molecule has 0 amide bonds. The first-order valence-electron chi connectivity index (χ1n) is 11.2. The van der Waals surface area contributed by atoms with Gasteiger partial charge in [0, 0.05) is 6.54 Å². The van der Waals surface area contributed by atoms with Gasteiger partial charge in [-0.2, -0.15) is 4.72 Å². The Kier molecular flexibility index (Phi) is 10.8. The average Bonchev–Trinajstić information content (AvgIpc) is 2.72. The van der Waals surface area contributed by atoms with Crippen molar-refractivity contribution in [2.75, 3.05) is 6.54 Å². The lowest BCUT2D eigenvalue weighted by Crippen LogP contribution is -2.27. The molecule has 2 rings (SSSR count). The van der Waals surface area contributed by atoms with E-state index in [4.69, 9.17) is 0 Å². The van der Waals surface area contributed by atoms with E-state index in [0.717, 1.165) is 48.4 Å². The first-order valence-corrected chi connectivity index (χ1v) is 13.1. The van der Waals surface area contributed by atoms with Crippen molar-refractivity contribution in [1.29, 1.82) is 0 Å². The summed E-state index contributed by atoms with van der Waals surface area (Å²) < 4.78 is 62.1. The lowest BCUT2D eigenvalue weighted by atomic mass is 9.97. The van der Waals surface area contributed by atoms with Crippen LogP contribution < -0.4 is 4.72 Å². The first-order chi connectivity index (χ1) is 15.6. The van der Waals surface area contributed by atoms with Crippen LogP contribution in [0.2, 0.25) is 0 Å². The van der Waals surface area contributed by atoms with E-state index in [1.807, 2.05) is 76.2 Å². The predicted octanol–water partition coefficient (Wildman–Crippen LogP) is 9.99. The van der Waals surface area contributed by atoms with Gasteiger partial charge in [0.1, 0.15) is 0 Å². The fourth-order valence-corrected chi connectivity index (χ4v) is 3.43. The molecular weight excluding hydrogens is 465 g/mol. The summed E-state index contributed by atoms with van der Waals surface area (Å²) in [6.45, 7) is 7.12. The van der Waals surface area contributed by atoms with Gasteiger partial charge in [-0.05, 0) is 70.1 Å². The Bertz CT molecular complexity index is 943. The maximum absolute atomic E-state index is 12.3. The molecule has 34 heavy (non-hydrogen) atoms. The van der Waals surface area contributed by atoms with E-state index in [1.165, 1.54) is 17.2 Å². The molecule has 0 aliphatic heterocycles. The number of allylic oxidation sites excluding steroid dienone is 4. The van der Waals surface area contributed by atoms with Gasteiger partial charge in [-0.1, -0.05) is 109 Å². The van der Waals surface area contributed by atoms with Crippen molar-refractivity contribution in [3.05, 3.63) is 101 Å². The van der Waals surface area contributed by atoms with Gasteiger partial charge in [0.15, 0.2) is 0 Å². The van der Waals surface area contributed by atoms with Gasteiger partial charge in [-0.25, -0.2) is 0 Å². The van der Waals surface area contributed by atoms with Crippen LogP contribution in [0.4, 0.5) is 19.4 Å². The van der Waals surface area contributed by atoms with Crippen molar-refractivity contribution in [2.45, 2.75) is 53.4 Å². The van der Waals surface area contributed by atoms with Crippen LogP contribution in [-0.4, -0.2) is 6.54 Å². The second kappa shape index (κ2) is 12.4. The number of benzene rings is 2. The van der Waals surface area contributed by atoms with Gasteiger partial charge >= 0.3 is 10.4 Å². The topological polar surface area (TPSA) is 12.0 Å². The zero-order valence-corrected chi connectivity index (χ0v) is 21.2. The normalized spacial score (nSPS) is 13.3. The molecule has 0 aliphatic rings. The zero-order valence-electron chi connectivity index (χ0n) is 20.3. The number of aryl methyl sites for hydroxylation is 2. The molecule has 0 aliphatic carbocycles. The molecule has 0 saturated carbocycles. The molecule has 2 aromatic rings. The van der Waals surface area contributed by atoms with Crippen molar-refractivity contribution in [2.24, 2.45) is 0 Å². The Hall–Kier alpha value is -2.38. The summed E-state index contributed by atoms with van der Waals surface area (Å²) in [4.78, 5) is 0. The fraction of sp³-hybridized carbons (Fsp3) is 0.333. The van der Waals surface area contributed by atoms with E-state index in [-0.39, 0.29) is 0 Å². The molecule has 0 atom stereocenters. The van der Waals surface area contributed by atoms with E-state index in [1.54, 1.807) is 0 Å². The summed E-state index contributed by atoms with van der Waals surface area (Å²) in [5.74, 6) is 0. The highest BCUT2D eigenvalue weighted by molar-refractivity contribution is 8.44. The van der Waals surface area contributed by atoms with Gasteiger partial charge in [0.25, 0.3) is 0 Å². The lowest BCUT2D eigenvalue weighted by Gasteiger charge is -2.40. The van der Waals surface area contributed by atoms with Crippen molar-refractivity contribution in [3.63, 3.8) is 0 Å². The van der Waals surface area contributed by atoms with E-state index in [0.29, 0.717) is 4.72 Å². The Labute approximate surface area is 201 Å². The molecule has 0 radical (unpaired) electrons. The third-order valence-corrected chi connectivity index (χ3v) is 5.31. The Morgan fingerprint density at radius 2 is 1.26 bits per heavy atom. The highest BCUT2D eigenvalue weighted by Crippen LogP contribution is 2.94. The minimum absolute atomic E-state index is 0.454. The molecule has 0 fully saturated rings. The minimum atomic E-state index is -9.59. The number of hydrogen-bond donors (Lipinski definition) is 1. The number of rotatable bonds is 10. The van der Waals surface area contributed by atoms with Crippen LogP contribution in [0.1, 0.15) is 57.2 Å². The molecule has 190 valence electrons. The van der Waals surface area contributed by atoms with Crippen LogP contribution in [0, 0.1) is 0 Å². The fourth-order valence-electron chi connectivity index (χ4n) is 3.01. The summed E-state index contributed by atoms with van der Waals surface area (Å²) in [6, 6.07) is 17.8. The van der Waals surface area contributed by atoms with Gasteiger partial charge in [0.2, 0.25) is 0 Å². The van der Waals surface area contributed by atoms with E-state index in [2.05, 4.69) is 18.2 Å². The third kappa shape index (κ3) is 16.3. The Morgan fingerprint density at radius 1 is 0.765 bits per heavy atom. The van der Waals surface area contributed by atoms with Gasteiger partial charge in [-0.3, -0.25) is 0 Å². The molecule has 7 heteroatoms. The summed E-state index contributed by atoms with van der Waals surface area (Å²) in [7, 11) is -9.59. The van der Waals surface area contributed by atoms with Crippen LogP contribution >= 0.6 is 10.4 Å². The molecule has 1 N–H and O–H groups in total. The summed E-state index contributed by atoms with van der Waals surface area (Å²) in [6.07, 6.45) is 10.1. The molecule has 2 aromatic carbocycles. The van der Waals surface area contributed by atoms with Crippen molar-refractivity contribution < 1.29 is 19.4 Å².